The molecular weight excluding hydrogens is 268 g/mol. The Balaban J connectivity index is 1.71. The number of amidine groups is 1. The normalized spacial score (nSPS) is 25.1. The van der Waals surface area contributed by atoms with Crippen molar-refractivity contribution < 1.29 is 4.74 Å². The molecule has 1 fully saturated rings. The number of rotatable bonds is 4. The molecule has 0 saturated heterocycles. The Labute approximate surface area is 125 Å². The van der Waals surface area contributed by atoms with Crippen LogP contribution in [0.25, 0.3) is 0 Å². The molecular formula is C16H22N2OS. The maximum Gasteiger partial charge on any atom is 0.161 e. The molecule has 20 heavy (non-hydrogen) atoms. The van der Waals surface area contributed by atoms with Crippen molar-refractivity contribution in [2.75, 3.05) is 24.8 Å². The van der Waals surface area contributed by atoms with Crippen LogP contribution in [-0.4, -0.2) is 30.7 Å². The van der Waals surface area contributed by atoms with Gasteiger partial charge < -0.3 is 10.1 Å². The van der Waals surface area contributed by atoms with Gasteiger partial charge in [0.25, 0.3) is 0 Å². The van der Waals surface area contributed by atoms with Crippen LogP contribution in [0.15, 0.2) is 29.3 Å². The van der Waals surface area contributed by atoms with E-state index in [-0.39, 0.29) is 0 Å². The van der Waals surface area contributed by atoms with Gasteiger partial charge in [0.15, 0.2) is 5.17 Å². The number of hydrogen-bond donors (Lipinski definition) is 1. The van der Waals surface area contributed by atoms with Crippen LogP contribution in [0.5, 0.6) is 0 Å². The van der Waals surface area contributed by atoms with Crippen LogP contribution in [0, 0.1) is 5.92 Å². The molecule has 1 heterocycles. The minimum absolute atomic E-state index is 0.560. The van der Waals surface area contributed by atoms with Gasteiger partial charge in [-0.15, -0.1) is 0 Å². The smallest absolute Gasteiger partial charge is 0.161 e. The lowest BCUT2D eigenvalue weighted by atomic mass is 10.1. The van der Waals surface area contributed by atoms with Gasteiger partial charge in [0.2, 0.25) is 0 Å². The van der Waals surface area contributed by atoms with Crippen molar-refractivity contribution in [3.63, 3.8) is 0 Å². The van der Waals surface area contributed by atoms with Crippen molar-refractivity contribution in [3.8, 4) is 0 Å². The number of methoxy groups -OCH3 is 1. The zero-order valence-corrected chi connectivity index (χ0v) is 12.8. The van der Waals surface area contributed by atoms with Crippen molar-refractivity contribution in [1.82, 2.24) is 0 Å². The minimum atomic E-state index is 0.560. The lowest BCUT2D eigenvalue weighted by Gasteiger charge is -2.24. The second-order valence-corrected chi connectivity index (χ2v) is 6.54. The molecule has 108 valence electrons. The molecule has 1 aliphatic carbocycles. The minimum Gasteiger partial charge on any atom is -0.384 e. The average molecular weight is 290 g/mol. The molecule has 0 radical (unpaired) electrons. The molecule has 0 spiro atoms. The third-order valence-electron chi connectivity index (χ3n) is 4.17. The van der Waals surface area contributed by atoms with Gasteiger partial charge in [-0.2, -0.15) is 0 Å². The van der Waals surface area contributed by atoms with Gasteiger partial charge in [0.1, 0.15) is 0 Å². The third-order valence-corrected chi connectivity index (χ3v) is 5.25. The van der Waals surface area contributed by atoms with Gasteiger partial charge >= 0.3 is 0 Å². The van der Waals surface area contributed by atoms with Crippen LogP contribution in [0.4, 0.5) is 5.69 Å². The first-order valence-corrected chi connectivity index (χ1v) is 8.40. The Morgan fingerprint density at radius 2 is 2.25 bits per heavy atom. The van der Waals surface area contributed by atoms with Crippen molar-refractivity contribution >= 4 is 22.6 Å². The Morgan fingerprint density at radius 3 is 3.15 bits per heavy atom. The number of aliphatic imine (C=N–C) groups is 1. The highest BCUT2D eigenvalue weighted by Crippen LogP contribution is 2.35. The molecule has 1 aromatic carbocycles. The summed E-state index contributed by atoms with van der Waals surface area (Å²) < 4.78 is 5.18. The van der Waals surface area contributed by atoms with Gasteiger partial charge in [-0.3, -0.25) is 4.99 Å². The maximum absolute atomic E-state index is 5.18. The number of fused-ring (bicyclic) bond motifs is 1. The van der Waals surface area contributed by atoms with E-state index in [9.17, 15) is 0 Å². The van der Waals surface area contributed by atoms with E-state index < -0.39 is 0 Å². The molecule has 1 N–H and O–H groups in total. The highest BCUT2D eigenvalue weighted by Gasteiger charge is 2.31. The molecule has 1 saturated carbocycles. The first-order valence-electron chi connectivity index (χ1n) is 7.41. The first-order chi connectivity index (χ1) is 9.86. The lowest BCUT2D eigenvalue weighted by Crippen LogP contribution is -2.25. The van der Waals surface area contributed by atoms with Gasteiger partial charge in [0.05, 0.1) is 12.6 Å². The molecule has 1 aromatic rings. The number of nitrogens with one attached hydrogen (secondary N) is 1. The largest absolute Gasteiger partial charge is 0.384 e. The summed E-state index contributed by atoms with van der Waals surface area (Å²) in [4.78, 5) is 4.90. The van der Waals surface area contributed by atoms with Crippen LogP contribution < -0.4 is 5.32 Å². The quantitative estimate of drug-likeness (QED) is 0.920. The monoisotopic (exact) mass is 290 g/mol. The van der Waals surface area contributed by atoms with E-state index in [0.29, 0.717) is 6.04 Å². The summed E-state index contributed by atoms with van der Waals surface area (Å²) >= 11 is 1.87. The molecule has 2 atom stereocenters. The fourth-order valence-corrected chi connectivity index (χ4v) is 4.16. The second kappa shape index (κ2) is 6.64. The molecule has 3 nitrogen and oxygen atoms in total. The standard InChI is InChI=1S/C16H22N2OS/c1-19-10-9-12-5-2-3-7-14(12)17-16-18-15-8-4-6-13(15)11-20-16/h2-3,5,7,13,15H,4,6,8-11H2,1H3,(H,17,18). The number of benzene rings is 1. The molecule has 2 unspecified atom stereocenters. The summed E-state index contributed by atoms with van der Waals surface area (Å²) in [5.41, 5.74) is 2.47. The van der Waals surface area contributed by atoms with E-state index in [2.05, 4.69) is 29.6 Å². The number of ether oxygens (including phenoxy) is 1. The number of thioether (sulfide) groups is 1. The Bertz CT molecular complexity index is 489. The summed E-state index contributed by atoms with van der Waals surface area (Å²) in [5.74, 6) is 2.03. The molecule has 3 rings (SSSR count). The van der Waals surface area contributed by atoms with Crippen molar-refractivity contribution in [1.29, 1.82) is 0 Å². The fourth-order valence-electron chi connectivity index (χ4n) is 3.01. The lowest BCUT2D eigenvalue weighted by molar-refractivity contribution is 0.202. The molecule has 2 aliphatic rings. The summed E-state index contributed by atoms with van der Waals surface area (Å²) in [6.45, 7) is 0.753. The Kier molecular flexibility index (Phi) is 4.63. The first kappa shape index (κ1) is 14.0. The molecule has 4 heteroatoms. The number of anilines is 1. The van der Waals surface area contributed by atoms with Crippen molar-refractivity contribution in [3.05, 3.63) is 29.8 Å². The van der Waals surface area contributed by atoms with Gasteiger partial charge in [-0.1, -0.05) is 36.4 Å². The van der Waals surface area contributed by atoms with Crippen LogP contribution in [0.1, 0.15) is 24.8 Å². The molecule has 0 aromatic heterocycles. The number of para-hydroxylation sites is 1. The number of hydrogen-bond acceptors (Lipinski definition) is 4. The van der Waals surface area contributed by atoms with Gasteiger partial charge in [0, 0.05) is 18.6 Å². The molecule has 0 bridgehead atoms. The Morgan fingerprint density at radius 1 is 1.35 bits per heavy atom. The van der Waals surface area contributed by atoms with Crippen molar-refractivity contribution in [2.24, 2.45) is 10.9 Å². The van der Waals surface area contributed by atoms with Crippen LogP contribution in [0.3, 0.4) is 0 Å². The predicted molar refractivity (Wildman–Crippen MR) is 86.7 cm³/mol. The van der Waals surface area contributed by atoms with Crippen LogP contribution in [0.2, 0.25) is 0 Å². The highest BCUT2D eigenvalue weighted by molar-refractivity contribution is 8.14. The predicted octanol–water partition coefficient (Wildman–Crippen LogP) is 3.56. The van der Waals surface area contributed by atoms with Gasteiger partial charge in [-0.25, -0.2) is 0 Å². The van der Waals surface area contributed by atoms with E-state index in [4.69, 9.17) is 9.73 Å². The van der Waals surface area contributed by atoms with Crippen LogP contribution in [-0.2, 0) is 11.2 Å². The summed E-state index contributed by atoms with van der Waals surface area (Å²) in [7, 11) is 1.75. The maximum atomic E-state index is 5.18. The SMILES string of the molecule is COCCc1ccccc1NC1=NC2CCCC2CS1. The fraction of sp³-hybridized carbons (Fsp3) is 0.562. The van der Waals surface area contributed by atoms with E-state index in [1.54, 1.807) is 7.11 Å². The molecule has 0 amide bonds. The van der Waals surface area contributed by atoms with E-state index in [1.807, 2.05) is 11.8 Å². The van der Waals surface area contributed by atoms with E-state index in [0.717, 1.165) is 24.1 Å². The molecule has 1 aliphatic heterocycles. The zero-order valence-electron chi connectivity index (χ0n) is 12.0. The highest BCUT2D eigenvalue weighted by atomic mass is 32.2. The summed E-state index contributed by atoms with van der Waals surface area (Å²) in [6.07, 6.45) is 4.90. The topological polar surface area (TPSA) is 33.6 Å². The van der Waals surface area contributed by atoms with E-state index in [1.165, 1.54) is 36.3 Å². The van der Waals surface area contributed by atoms with E-state index >= 15 is 0 Å². The number of nitrogens with zero attached hydrogens (tertiary/aromatic N) is 1. The third kappa shape index (κ3) is 3.18. The van der Waals surface area contributed by atoms with Gasteiger partial charge in [-0.05, 0) is 36.8 Å². The van der Waals surface area contributed by atoms with Crippen molar-refractivity contribution in [2.45, 2.75) is 31.7 Å². The Hall–Kier alpha value is -1.000. The summed E-state index contributed by atoms with van der Waals surface area (Å²) in [5, 5.41) is 4.62. The zero-order chi connectivity index (χ0) is 13.8. The average Bonchev–Trinajstić information content (AvgIpc) is 2.94. The van der Waals surface area contributed by atoms with Crippen LogP contribution >= 0.6 is 11.8 Å². The second-order valence-electron chi connectivity index (χ2n) is 5.53. The summed E-state index contributed by atoms with van der Waals surface area (Å²) in [6, 6.07) is 9.01.